The number of hydrogen-bond acceptors (Lipinski definition) is 4. The van der Waals surface area contributed by atoms with Crippen LogP contribution in [0.25, 0.3) is 0 Å². The van der Waals surface area contributed by atoms with Gasteiger partial charge >= 0.3 is 6.18 Å². The molecule has 0 spiro atoms. The summed E-state index contributed by atoms with van der Waals surface area (Å²) < 4.78 is 42.4. The number of nitrogens with one attached hydrogen (secondary N) is 1. The second-order valence-electron chi connectivity index (χ2n) is 4.52. The molecule has 0 amide bonds. The summed E-state index contributed by atoms with van der Waals surface area (Å²) in [5.41, 5.74) is -0.726. The molecule has 0 aliphatic carbocycles. The molecule has 2 rings (SSSR count). The van der Waals surface area contributed by atoms with E-state index < -0.39 is 11.7 Å². The Hall–Kier alpha value is -1.47. The fraction of sp³-hybridized carbons (Fsp3) is 0.357. The van der Waals surface area contributed by atoms with Crippen molar-refractivity contribution < 1.29 is 17.6 Å². The Morgan fingerprint density at radius 3 is 2.71 bits per heavy atom. The zero-order chi connectivity index (χ0) is 15.3. The third-order valence-electron chi connectivity index (χ3n) is 2.70. The second kappa shape index (κ2) is 7.00. The van der Waals surface area contributed by atoms with Crippen molar-refractivity contribution in [1.29, 1.82) is 0 Å². The molecule has 21 heavy (non-hydrogen) atoms. The molecule has 0 aromatic carbocycles. The van der Waals surface area contributed by atoms with Gasteiger partial charge in [0, 0.05) is 18.0 Å². The molecule has 2 aromatic rings. The lowest BCUT2D eigenvalue weighted by Gasteiger charge is -2.12. The molecule has 2 heterocycles. The minimum atomic E-state index is -4.34. The fourth-order valence-corrected chi connectivity index (χ4v) is 2.55. The minimum absolute atomic E-state index is 0.184. The van der Waals surface area contributed by atoms with Crippen molar-refractivity contribution in [3.63, 3.8) is 0 Å². The van der Waals surface area contributed by atoms with E-state index in [-0.39, 0.29) is 5.25 Å². The number of hydrogen-bond donors (Lipinski definition) is 1. The number of furan rings is 1. The van der Waals surface area contributed by atoms with Crippen LogP contribution in [0.2, 0.25) is 0 Å². The molecule has 0 bridgehead atoms. The van der Waals surface area contributed by atoms with Gasteiger partial charge in [-0.15, -0.1) is 11.8 Å². The van der Waals surface area contributed by atoms with E-state index in [2.05, 4.69) is 10.3 Å². The summed E-state index contributed by atoms with van der Waals surface area (Å²) in [6.07, 6.45) is -1.86. The van der Waals surface area contributed by atoms with Crippen molar-refractivity contribution in [2.24, 2.45) is 0 Å². The SMILES string of the molecule is CC(CNCc1ccco1)Sc1ccc(C(F)(F)F)cn1. The van der Waals surface area contributed by atoms with Crippen LogP contribution in [0.3, 0.4) is 0 Å². The van der Waals surface area contributed by atoms with Crippen LogP contribution < -0.4 is 5.32 Å². The summed E-state index contributed by atoms with van der Waals surface area (Å²) in [6, 6.07) is 6.15. The number of halogens is 3. The highest BCUT2D eigenvalue weighted by Gasteiger charge is 2.30. The molecule has 1 N–H and O–H groups in total. The van der Waals surface area contributed by atoms with Crippen LogP contribution in [-0.2, 0) is 12.7 Å². The highest BCUT2D eigenvalue weighted by molar-refractivity contribution is 7.99. The first kappa shape index (κ1) is 15.9. The quantitative estimate of drug-likeness (QED) is 0.819. The van der Waals surface area contributed by atoms with E-state index in [0.29, 0.717) is 18.1 Å². The van der Waals surface area contributed by atoms with Gasteiger partial charge in [-0.2, -0.15) is 13.2 Å². The Bertz CT molecular complexity index is 540. The number of thioether (sulfide) groups is 1. The van der Waals surface area contributed by atoms with Gasteiger partial charge in [-0.05, 0) is 24.3 Å². The molecule has 0 saturated heterocycles. The number of rotatable bonds is 6. The van der Waals surface area contributed by atoms with E-state index in [1.165, 1.54) is 17.8 Å². The largest absolute Gasteiger partial charge is 0.468 e. The summed E-state index contributed by atoms with van der Waals surface area (Å²) in [7, 11) is 0. The zero-order valence-electron chi connectivity index (χ0n) is 11.4. The molecule has 3 nitrogen and oxygen atoms in total. The number of aromatic nitrogens is 1. The molecule has 114 valence electrons. The van der Waals surface area contributed by atoms with Crippen molar-refractivity contribution >= 4 is 11.8 Å². The van der Waals surface area contributed by atoms with Crippen LogP contribution >= 0.6 is 11.8 Å². The summed E-state index contributed by atoms with van der Waals surface area (Å²) in [5.74, 6) is 0.847. The monoisotopic (exact) mass is 316 g/mol. The maximum absolute atomic E-state index is 12.4. The van der Waals surface area contributed by atoms with E-state index in [0.717, 1.165) is 18.0 Å². The Labute approximate surface area is 124 Å². The van der Waals surface area contributed by atoms with Crippen LogP contribution in [0.4, 0.5) is 13.2 Å². The maximum atomic E-state index is 12.4. The van der Waals surface area contributed by atoms with Crippen LogP contribution in [0, 0.1) is 0 Å². The molecule has 0 saturated carbocycles. The molecule has 0 radical (unpaired) electrons. The van der Waals surface area contributed by atoms with Gasteiger partial charge in [0.15, 0.2) is 0 Å². The molecule has 2 aromatic heterocycles. The lowest BCUT2D eigenvalue weighted by Crippen LogP contribution is -2.22. The second-order valence-corrected chi connectivity index (χ2v) is 5.98. The molecule has 0 fully saturated rings. The van der Waals surface area contributed by atoms with E-state index in [9.17, 15) is 13.2 Å². The van der Waals surface area contributed by atoms with Gasteiger partial charge in [-0.1, -0.05) is 6.92 Å². The van der Waals surface area contributed by atoms with E-state index in [1.807, 2.05) is 19.1 Å². The van der Waals surface area contributed by atoms with Crippen LogP contribution in [0.5, 0.6) is 0 Å². The smallest absolute Gasteiger partial charge is 0.417 e. The minimum Gasteiger partial charge on any atom is -0.468 e. The molecule has 7 heteroatoms. The van der Waals surface area contributed by atoms with Crippen molar-refractivity contribution in [3.05, 3.63) is 48.0 Å². The van der Waals surface area contributed by atoms with Crippen LogP contribution in [-0.4, -0.2) is 16.8 Å². The normalized spacial score (nSPS) is 13.3. The summed E-state index contributed by atoms with van der Waals surface area (Å²) >= 11 is 1.43. The molecule has 0 aliphatic rings. The summed E-state index contributed by atoms with van der Waals surface area (Å²) in [6.45, 7) is 3.31. The van der Waals surface area contributed by atoms with Crippen molar-refractivity contribution in [2.75, 3.05) is 6.54 Å². The Balaban J connectivity index is 1.78. The lowest BCUT2D eigenvalue weighted by atomic mass is 10.3. The van der Waals surface area contributed by atoms with E-state index in [1.54, 1.807) is 6.26 Å². The predicted molar refractivity (Wildman–Crippen MR) is 75.0 cm³/mol. The van der Waals surface area contributed by atoms with Crippen LogP contribution in [0.1, 0.15) is 18.2 Å². The standard InChI is InChI=1S/C14H15F3N2OS/c1-10(7-18-9-12-3-2-6-20-12)21-13-5-4-11(8-19-13)14(15,16)17/h2-6,8,10,18H,7,9H2,1H3. The molecule has 0 aliphatic heterocycles. The first-order chi connectivity index (χ1) is 9.95. The van der Waals surface area contributed by atoms with Gasteiger partial charge in [0.1, 0.15) is 5.76 Å². The first-order valence-corrected chi connectivity index (χ1v) is 7.26. The van der Waals surface area contributed by atoms with Crippen molar-refractivity contribution in [3.8, 4) is 0 Å². The molecule has 1 atom stereocenters. The average molecular weight is 316 g/mol. The van der Waals surface area contributed by atoms with Gasteiger partial charge in [0.05, 0.1) is 23.4 Å². The molecular formula is C14H15F3N2OS. The Kier molecular flexibility index (Phi) is 5.30. The topological polar surface area (TPSA) is 38.1 Å². The van der Waals surface area contributed by atoms with Gasteiger partial charge < -0.3 is 9.73 Å². The molecular weight excluding hydrogens is 301 g/mol. The zero-order valence-corrected chi connectivity index (χ0v) is 12.2. The molecule has 1 unspecified atom stereocenters. The highest BCUT2D eigenvalue weighted by atomic mass is 32.2. The lowest BCUT2D eigenvalue weighted by molar-refractivity contribution is -0.137. The Morgan fingerprint density at radius 2 is 2.14 bits per heavy atom. The van der Waals surface area contributed by atoms with Gasteiger partial charge in [-0.25, -0.2) is 4.98 Å². The van der Waals surface area contributed by atoms with Gasteiger partial charge in [0.25, 0.3) is 0 Å². The van der Waals surface area contributed by atoms with Crippen LogP contribution in [0.15, 0.2) is 46.2 Å². The first-order valence-electron chi connectivity index (χ1n) is 6.38. The maximum Gasteiger partial charge on any atom is 0.417 e. The Morgan fingerprint density at radius 1 is 1.33 bits per heavy atom. The van der Waals surface area contributed by atoms with E-state index >= 15 is 0 Å². The average Bonchev–Trinajstić information content (AvgIpc) is 2.91. The number of alkyl halides is 3. The van der Waals surface area contributed by atoms with Crippen molar-refractivity contribution in [2.45, 2.75) is 29.9 Å². The fourth-order valence-electron chi connectivity index (χ4n) is 1.68. The van der Waals surface area contributed by atoms with Gasteiger partial charge in [0.2, 0.25) is 0 Å². The third-order valence-corrected chi connectivity index (χ3v) is 3.75. The number of nitrogens with zero attached hydrogens (tertiary/aromatic N) is 1. The predicted octanol–water partition coefficient (Wildman–Crippen LogP) is 3.96. The highest BCUT2D eigenvalue weighted by Crippen LogP contribution is 2.30. The number of pyridine rings is 1. The third kappa shape index (κ3) is 5.09. The van der Waals surface area contributed by atoms with Gasteiger partial charge in [-0.3, -0.25) is 0 Å². The van der Waals surface area contributed by atoms with E-state index in [4.69, 9.17) is 4.42 Å². The van der Waals surface area contributed by atoms with Crippen molar-refractivity contribution in [1.82, 2.24) is 10.3 Å². The summed E-state index contributed by atoms with van der Waals surface area (Å²) in [4.78, 5) is 3.84. The summed E-state index contributed by atoms with van der Waals surface area (Å²) in [5, 5.41) is 3.98.